The van der Waals surface area contributed by atoms with E-state index in [4.69, 9.17) is 0 Å². The van der Waals surface area contributed by atoms with Crippen LogP contribution in [0.1, 0.15) is 21.5 Å². The number of aromatic amines is 1. The van der Waals surface area contributed by atoms with E-state index in [-0.39, 0.29) is 30.2 Å². The summed E-state index contributed by atoms with van der Waals surface area (Å²) in [5.74, 6) is -2.48. The number of carbonyl (C=O) groups excluding carboxylic acids is 2. The number of hydrogen-bond donors (Lipinski definition) is 2. The summed E-state index contributed by atoms with van der Waals surface area (Å²) in [5.41, 5.74) is 2.18. The molecule has 0 bridgehead atoms. The summed E-state index contributed by atoms with van der Waals surface area (Å²) in [4.78, 5) is 34.8. The van der Waals surface area contributed by atoms with Crippen LogP contribution >= 0.6 is 0 Å². The zero-order valence-electron chi connectivity index (χ0n) is 14.8. The van der Waals surface area contributed by atoms with Crippen LogP contribution in [0.3, 0.4) is 0 Å². The number of amides is 1. The number of ketones is 1. The lowest BCUT2D eigenvalue weighted by atomic mass is 9.92. The van der Waals surface area contributed by atoms with E-state index in [1.54, 1.807) is 18.2 Å². The molecular formula is C19H13F3N4O3. The molecule has 1 aliphatic heterocycles. The molecule has 0 aliphatic carbocycles. The van der Waals surface area contributed by atoms with Gasteiger partial charge in [-0.3, -0.25) is 15.1 Å². The third kappa shape index (κ3) is 3.56. The number of H-pyrrole nitrogens is 1. The number of nitrogens with zero attached hydrogens (tertiary/aromatic N) is 2. The molecule has 1 aliphatic rings. The number of nitrogens with one attached hydrogen (secondary N) is 2. The van der Waals surface area contributed by atoms with E-state index < -0.39 is 30.2 Å². The summed E-state index contributed by atoms with van der Waals surface area (Å²) < 4.78 is 43.9. The number of carbonyl (C=O) groups is 2. The molecule has 29 heavy (non-hydrogen) atoms. The van der Waals surface area contributed by atoms with Gasteiger partial charge in [0.1, 0.15) is 19.8 Å². The summed E-state index contributed by atoms with van der Waals surface area (Å²) in [5, 5.41) is 2.34. The number of halogens is 3. The Bertz CT molecular complexity index is 1170. The molecule has 0 spiro atoms. The molecule has 4 rings (SSSR count). The van der Waals surface area contributed by atoms with Gasteiger partial charge in [0, 0.05) is 16.7 Å². The first-order valence-electron chi connectivity index (χ1n) is 8.53. The predicted octanol–water partition coefficient (Wildman–Crippen LogP) is 3.39. The number of aromatic nitrogens is 2. The van der Waals surface area contributed by atoms with Gasteiger partial charge in [-0.05, 0) is 24.3 Å². The molecule has 10 heteroatoms. The minimum Gasteiger partial charge on any atom is -0.446 e. The lowest BCUT2D eigenvalue weighted by Crippen LogP contribution is -2.20. The van der Waals surface area contributed by atoms with Crippen molar-refractivity contribution in [1.29, 1.82) is 0 Å². The fourth-order valence-electron chi connectivity index (χ4n) is 3.02. The maximum absolute atomic E-state index is 13.8. The van der Waals surface area contributed by atoms with E-state index in [0.29, 0.717) is 22.3 Å². The number of hydrogen-bond acceptors (Lipinski definition) is 5. The third-order valence-electron chi connectivity index (χ3n) is 4.28. The van der Waals surface area contributed by atoms with Gasteiger partial charge in [-0.1, -0.05) is 6.07 Å². The minimum absolute atomic E-state index is 0.0663. The zero-order valence-corrected chi connectivity index (χ0v) is 14.8. The molecule has 148 valence electrons. The number of aliphatic imine (C=N–C) groups is 1. The Kier molecular flexibility index (Phi) is 4.75. The molecule has 0 fully saturated rings. The molecular weight excluding hydrogens is 389 g/mol. The van der Waals surface area contributed by atoms with Gasteiger partial charge in [0.05, 0.1) is 16.7 Å². The molecule has 1 aromatic heterocycles. The maximum atomic E-state index is 13.8. The number of anilines is 1. The van der Waals surface area contributed by atoms with Crippen molar-refractivity contribution in [2.75, 3.05) is 25.1 Å². The molecule has 0 atom stereocenters. The lowest BCUT2D eigenvalue weighted by molar-refractivity contribution is 0.0999. The monoisotopic (exact) mass is 402 g/mol. The Morgan fingerprint density at radius 2 is 1.93 bits per heavy atom. The summed E-state index contributed by atoms with van der Waals surface area (Å²) >= 11 is 0. The quantitative estimate of drug-likeness (QED) is 0.699. The van der Waals surface area contributed by atoms with Crippen LogP contribution < -0.4 is 5.32 Å². The zero-order chi connectivity index (χ0) is 20.5. The first-order valence-corrected chi connectivity index (χ1v) is 8.53. The highest BCUT2D eigenvalue weighted by Gasteiger charge is 2.24. The summed E-state index contributed by atoms with van der Waals surface area (Å²) in [7, 11) is 0. The van der Waals surface area contributed by atoms with Crippen molar-refractivity contribution in [3.05, 3.63) is 58.7 Å². The number of imidazole rings is 1. The highest BCUT2D eigenvalue weighted by molar-refractivity contribution is 6.22. The van der Waals surface area contributed by atoms with Crippen molar-refractivity contribution in [3.8, 4) is 0 Å². The van der Waals surface area contributed by atoms with Gasteiger partial charge in [-0.25, -0.2) is 22.9 Å². The van der Waals surface area contributed by atoms with Crippen LogP contribution in [0.2, 0.25) is 0 Å². The second kappa shape index (κ2) is 7.38. The number of benzene rings is 2. The Morgan fingerprint density at radius 3 is 2.69 bits per heavy atom. The van der Waals surface area contributed by atoms with Crippen LogP contribution in [-0.4, -0.2) is 47.4 Å². The maximum Gasteiger partial charge on any atom is 0.414 e. The van der Waals surface area contributed by atoms with E-state index in [1.807, 2.05) is 0 Å². The van der Waals surface area contributed by atoms with E-state index in [1.165, 1.54) is 0 Å². The molecule has 7 nitrogen and oxygen atoms in total. The van der Waals surface area contributed by atoms with Crippen LogP contribution in [0.5, 0.6) is 0 Å². The van der Waals surface area contributed by atoms with Crippen LogP contribution in [-0.2, 0) is 4.74 Å². The number of Topliss-reactive ketones (excluding diaryl/α,β-unsaturated/α-hetero) is 1. The molecule has 1 amide bonds. The van der Waals surface area contributed by atoms with E-state index >= 15 is 0 Å². The highest BCUT2D eigenvalue weighted by atomic mass is 19.2. The van der Waals surface area contributed by atoms with Crippen LogP contribution in [0, 0.1) is 11.6 Å². The van der Waals surface area contributed by atoms with Gasteiger partial charge < -0.3 is 9.72 Å². The summed E-state index contributed by atoms with van der Waals surface area (Å²) in [6, 6.07) is 6.78. The second-order valence-corrected chi connectivity index (χ2v) is 6.17. The van der Waals surface area contributed by atoms with Crippen molar-refractivity contribution < 1.29 is 27.5 Å². The summed E-state index contributed by atoms with van der Waals surface area (Å²) in [6.07, 6.45) is -0.858. The molecule has 3 aromatic rings. The average molecular weight is 402 g/mol. The standard InChI is InChI=1S/C19H13F3N4O3/c20-3-4-29-19(28)26-18-24-14-2-1-9(5-15(14)25-18)17-11-7-13(22)12(21)6-10(11)16(27)8-23-17/h1-2,5-7H,3-4,8H2,(H2,24,25,26,28). The van der Waals surface area contributed by atoms with Gasteiger partial charge in [0.25, 0.3) is 0 Å². The van der Waals surface area contributed by atoms with E-state index in [0.717, 1.165) is 12.1 Å². The topological polar surface area (TPSA) is 96.4 Å². The van der Waals surface area contributed by atoms with Crippen molar-refractivity contribution in [3.63, 3.8) is 0 Å². The van der Waals surface area contributed by atoms with Crippen LogP contribution in [0.15, 0.2) is 35.3 Å². The lowest BCUT2D eigenvalue weighted by Gasteiger charge is -2.16. The number of ether oxygens (including phenoxy) is 1. The number of alkyl halides is 1. The van der Waals surface area contributed by atoms with Gasteiger partial charge >= 0.3 is 6.09 Å². The summed E-state index contributed by atoms with van der Waals surface area (Å²) in [6.45, 7) is -1.35. The smallest absolute Gasteiger partial charge is 0.414 e. The highest BCUT2D eigenvalue weighted by Crippen LogP contribution is 2.25. The Hall–Kier alpha value is -3.69. The minimum atomic E-state index is -1.10. The first-order chi connectivity index (χ1) is 14.0. The number of rotatable bonds is 4. The van der Waals surface area contributed by atoms with E-state index in [2.05, 4.69) is 25.0 Å². The van der Waals surface area contributed by atoms with Crippen molar-refractivity contribution >= 4 is 34.6 Å². The normalized spacial score (nSPS) is 13.2. The average Bonchev–Trinajstić information content (AvgIpc) is 3.09. The fraction of sp³-hybridized carbons (Fsp3) is 0.158. The number of fused-ring (bicyclic) bond motifs is 2. The fourth-order valence-corrected chi connectivity index (χ4v) is 3.02. The largest absolute Gasteiger partial charge is 0.446 e. The first kappa shape index (κ1) is 18.7. The second-order valence-electron chi connectivity index (χ2n) is 6.17. The Morgan fingerprint density at radius 1 is 1.17 bits per heavy atom. The Balaban J connectivity index is 1.68. The third-order valence-corrected chi connectivity index (χ3v) is 4.28. The van der Waals surface area contributed by atoms with Gasteiger partial charge in [-0.15, -0.1) is 0 Å². The molecule has 0 radical (unpaired) electrons. The molecule has 0 unspecified atom stereocenters. The van der Waals surface area contributed by atoms with Crippen molar-refractivity contribution in [1.82, 2.24) is 9.97 Å². The van der Waals surface area contributed by atoms with Crippen molar-refractivity contribution in [2.24, 2.45) is 4.99 Å². The SMILES string of the molecule is O=C(Nc1nc2ccc(C3=NCC(=O)c4cc(F)c(F)cc43)cc2[nH]1)OCCF. The van der Waals surface area contributed by atoms with Gasteiger partial charge in [-0.2, -0.15) is 0 Å². The molecule has 2 N–H and O–H groups in total. The molecule has 0 saturated carbocycles. The van der Waals surface area contributed by atoms with Crippen molar-refractivity contribution in [2.45, 2.75) is 0 Å². The van der Waals surface area contributed by atoms with Gasteiger partial charge in [0.15, 0.2) is 17.4 Å². The van der Waals surface area contributed by atoms with Crippen LogP contribution in [0.25, 0.3) is 11.0 Å². The van der Waals surface area contributed by atoms with Crippen LogP contribution in [0.4, 0.5) is 23.9 Å². The molecule has 0 saturated heterocycles. The molecule has 2 heterocycles. The Labute approximate surface area is 161 Å². The van der Waals surface area contributed by atoms with Gasteiger partial charge in [0.2, 0.25) is 5.95 Å². The molecule has 2 aromatic carbocycles. The predicted molar refractivity (Wildman–Crippen MR) is 98.2 cm³/mol. The van der Waals surface area contributed by atoms with E-state index in [9.17, 15) is 22.8 Å².